The molecule has 1 aliphatic heterocycles. The molecule has 1 amide bonds. The molecule has 174 valence electrons. The number of hydrogen-bond acceptors (Lipinski definition) is 5. The fourth-order valence-electron chi connectivity index (χ4n) is 4.94. The molecule has 1 saturated heterocycles. The first kappa shape index (κ1) is 22.1. The van der Waals surface area contributed by atoms with E-state index >= 15 is 0 Å². The van der Waals surface area contributed by atoms with Crippen LogP contribution in [0.2, 0.25) is 0 Å². The summed E-state index contributed by atoms with van der Waals surface area (Å²) in [5, 5.41) is 8.68. The zero-order valence-electron chi connectivity index (χ0n) is 19.9. The standard InChI is InChI=1S/C27H28N4O3/c1-16-10-11-22-20(14-23(32)34-26(22)17(16)2)15-30-13-12-28-27(33)25(30)24-18(3)29-31(19(24)4)21-8-6-5-7-9-21/h5-11,14,25H,12-13,15H2,1-4H3,(H,28,33). The number of amides is 1. The molecular formula is C27H28N4O3. The van der Waals surface area contributed by atoms with Crippen molar-refractivity contribution in [2.45, 2.75) is 40.3 Å². The molecule has 7 nitrogen and oxygen atoms in total. The van der Waals surface area contributed by atoms with Crippen LogP contribution in [-0.2, 0) is 11.3 Å². The van der Waals surface area contributed by atoms with Gasteiger partial charge in [0.1, 0.15) is 11.6 Å². The summed E-state index contributed by atoms with van der Waals surface area (Å²) in [6.45, 7) is 9.59. The summed E-state index contributed by atoms with van der Waals surface area (Å²) in [5.74, 6) is -0.0515. The van der Waals surface area contributed by atoms with Gasteiger partial charge in [-0.25, -0.2) is 9.48 Å². The monoisotopic (exact) mass is 456 g/mol. The molecule has 4 aromatic rings. The van der Waals surface area contributed by atoms with Crippen LogP contribution in [0, 0.1) is 27.7 Å². The first-order valence-corrected chi connectivity index (χ1v) is 11.5. The summed E-state index contributed by atoms with van der Waals surface area (Å²) >= 11 is 0. The van der Waals surface area contributed by atoms with Crippen LogP contribution in [0.25, 0.3) is 16.7 Å². The molecule has 1 aliphatic rings. The van der Waals surface area contributed by atoms with Crippen molar-refractivity contribution < 1.29 is 9.21 Å². The lowest BCUT2D eigenvalue weighted by molar-refractivity contribution is -0.129. The van der Waals surface area contributed by atoms with Gasteiger partial charge in [0, 0.05) is 42.3 Å². The van der Waals surface area contributed by atoms with Crippen molar-refractivity contribution in [1.82, 2.24) is 20.0 Å². The smallest absolute Gasteiger partial charge is 0.336 e. The zero-order valence-corrected chi connectivity index (χ0v) is 19.9. The Labute approximate surface area is 198 Å². The van der Waals surface area contributed by atoms with Crippen molar-refractivity contribution >= 4 is 16.9 Å². The van der Waals surface area contributed by atoms with E-state index in [1.165, 1.54) is 0 Å². The number of fused-ring (bicyclic) bond motifs is 1. The van der Waals surface area contributed by atoms with Crippen LogP contribution in [0.1, 0.15) is 39.7 Å². The van der Waals surface area contributed by atoms with E-state index in [1.54, 1.807) is 6.07 Å². The second kappa shape index (κ2) is 8.57. The SMILES string of the molecule is Cc1ccc2c(CN3CCNC(=O)C3c3c(C)nn(-c4ccccc4)c3C)cc(=O)oc2c1C. The quantitative estimate of drug-likeness (QED) is 0.472. The van der Waals surface area contributed by atoms with E-state index in [0.29, 0.717) is 25.2 Å². The van der Waals surface area contributed by atoms with Crippen LogP contribution in [-0.4, -0.2) is 33.7 Å². The lowest BCUT2D eigenvalue weighted by Gasteiger charge is -2.35. The minimum atomic E-state index is -0.500. The maximum atomic E-state index is 13.2. The average molecular weight is 457 g/mol. The third kappa shape index (κ3) is 3.72. The highest BCUT2D eigenvalue weighted by Crippen LogP contribution is 2.32. The predicted molar refractivity (Wildman–Crippen MR) is 131 cm³/mol. The molecule has 3 heterocycles. The van der Waals surface area contributed by atoms with E-state index in [-0.39, 0.29) is 11.5 Å². The average Bonchev–Trinajstić information content (AvgIpc) is 3.11. The van der Waals surface area contributed by atoms with Crippen molar-refractivity contribution in [1.29, 1.82) is 0 Å². The normalized spacial score (nSPS) is 16.7. The molecule has 1 atom stereocenters. The Kier molecular flexibility index (Phi) is 5.57. The minimum Gasteiger partial charge on any atom is -0.422 e. The van der Waals surface area contributed by atoms with E-state index in [4.69, 9.17) is 9.52 Å². The van der Waals surface area contributed by atoms with Gasteiger partial charge in [0.25, 0.3) is 0 Å². The summed E-state index contributed by atoms with van der Waals surface area (Å²) in [6, 6.07) is 15.0. The van der Waals surface area contributed by atoms with Gasteiger partial charge in [0.15, 0.2) is 0 Å². The summed E-state index contributed by atoms with van der Waals surface area (Å²) in [6.07, 6.45) is 0. The summed E-state index contributed by atoms with van der Waals surface area (Å²) in [7, 11) is 0. The number of piperazine rings is 1. The van der Waals surface area contributed by atoms with Crippen LogP contribution in [0.15, 0.2) is 57.7 Å². The number of aromatic nitrogens is 2. The highest BCUT2D eigenvalue weighted by atomic mass is 16.4. The van der Waals surface area contributed by atoms with Crippen molar-refractivity contribution in [2.24, 2.45) is 0 Å². The number of carbonyl (C=O) groups excluding carboxylic acids is 1. The molecule has 0 radical (unpaired) electrons. The molecule has 2 aromatic carbocycles. The number of rotatable bonds is 4. The molecule has 7 heteroatoms. The Bertz CT molecular complexity index is 1450. The maximum absolute atomic E-state index is 13.2. The molecule has 2 aromatic heterocycles. The van der Waals surface area contributed by atoms with Crippen LogP contribution in [0.3, 0.4) is 0 Å². The fourth-order valence-corrected chi connectivity index (χ4v) is 4.94. The highest BCUT2D eigenvalue weighted by Gasteiger charge is 2.35. The van der Waals surface area contributed by atoms with E-state index in [9.17, 15) is 9.59 Å². The third-order valence-corrected chi connectivity index (χ3v) is 6.82. The molecule has 0 saturated carbocycles. The zero-order chi connectivity index (χ0) is 24.0. The van der Waals surface area contributed by atoms with Crippen LogP contribution < -0.4 is 10.9 Å². The van der Waals surface area contributed by atoms with Crippen LogP contribution in [0.5, 0.6) is 0 Å². The number of hydrogen-bond donors (Lipinski definition) is 1. The molecule has 5 rings (SSSR count). The maximum Gasteiger partial charge on any atom is 0.336 e. The molecule has 0 bridgehead atoms. The summed E-state index contributed by atoms with van der Waals surface area (Å²) in [5.41, 5.74) is 6.73. The molecule has 1 unspecified atom stereocenters. The highest BCUT2D eigenvalue weighted by molar-refractivity contribution is 5.86. The second-order valence-corrected chi connectivity index (χ2v) is 8.97. The Morgan fingerprint density at radius 2 is 1.82 bits per heavy atom. The van der Waals surface area contributed by atoms with Crippen molar-refractivity contribution in [3.63, 3.8) is 0 Å². The van der Waals surface area contributed by atoms with Crippen molar-refractivity contribution in [2.75, 3.05) is 13.1 Å². The number of carbonyl (C=O) groups is 1. The summed E-state index contributed by atoms with van der Waals surface area (Å²) in [4.78, 5) is 27.8. The largest absolute Gasteiger partial charge is 0.422 e. The Hall–Kier alpha value is -3.71. The molecular weight excluding hydrogens is 428 g/mol. The first-order chi connectivity index (χ1) is 16.3. The molecule has 0 aliphatic carbocycles. The van der Waals surface area contributed by atoms with Gasteiger partial charge in [0.2, 0.25) is 5.91 Å². The minimum absolute atomic E-state index is 0.0515. The Morgan fingerprint density at radius 1 is 1.06 bits per heavy atom. The molecule has 0 spiro atoms. The second-order valence-electron chi connectivity index (χ2n) is 8.97. The number of aryl methyl sites for hydroxylation is 3. The third-order valence-electron chi connectivity index (χ3n) is 6.82. The molecule has 1 fully saturated rings. The van der Waals surface area contributed by atoms with Crippen LogP contribution >= 0.6 is 0 Å². The van der Waals surface area contributed by atoms with Gasteiger partial charge >= 0.3 is 5.63 Å². The molecule has 1 N–H and O–H groups in total. The van der Waals surface area contributed by atoms with E-state index in [1.807, 2.05) is 74.8 Å². The van der Waals surface area contributed by atoms with Gasteiger partial charge in [-0.05, 0) is 56.5 Å². The fraction of sp³-hybridized carbons (Fsp3) is 0.296. The van der Waals surface area contributed by atoms with Crippen LogP contribution in [0.4, 0.5) is 0 Å². The van der Waals surface area contributed by atoms with E-state index < -0.39 is 6.04 Å². The van der Waals surface area contributed by atoms with Gasteiger partial charge in [-0.1, -0.05) is 30.3 Å². The van der Waals surface area contributed by atoms with Gasteiger partial charge in [-0.15, -0.1) is 0 Å². The first-order valence-electron chi connectivity index (χ1n) is 11.5. The molecule has 34 heavy (non-hydrogen) atoms. The van der Waals surface area contributed by atoms with E-state index in [2.05, 4.69) is 10.2 Å². The number of benzene rings is 2. The predicted octanol–water partition coefficient (Wildman–Crippen LogP) is 3.89. The Balaban J connectivity index is 1.59. The van der Waals surface area contributed by atoms with Gasteiger partial charge < -0.3 is 9.73 Å². The van der Waals surface area contributed by atoms with Gasteiger partial charge in [-0.2, -0.15) is 5.10 Å². The summed E-state index contributed by atoms with van der Waals surface area (Å²) < 4.78 is 7.45. The van der Waals surface area contributed by atoms with Crippen molar-refractivity contribution in [3.05, 3.63) is 92.6 Å². The van der Waals surface area contributed by atoms with Gasteiger partial charge in [-0.3, -0.25) is 9.69 Å². The van der Waals surface area contributed by atoms with Crippen molar-refractivity contribution in [3.8, 4) is 5.69 Å². The number of para-hydroxylation sites is 1. The van der Waals surface area contributed by atoms with Gasteiger partial charge in [0.05, 0.1) is 11.4 Å². The lowest BCUT2D eigenvalue weighted by atomic mass is 9.98. The lowest BCUT2D eigenvalue weighted by Crippen LogP contribution is -2.49. The van der Waals surface area contributed by atoms with E-state index in [0.717, 1.165) is 44.7 Å². The number of nitrogens with one attached hydrogen (secondary N) is 1. The topological polar surface area (TPSA) is 80.4 Å². The number of nitrogens with zero attached hydrogens (tertiary/aromatic N) is 3. The Morgan fingerprint density at radius 3 is 2.59 bits per heavy atom.